The second-order valence-corrected chi connectivity index (χ2v) is 4.86. The first-order valence-corrected chi connectivity index (χ1v) is 6.11. The van der Waals surface area contributed by atoms with Crippen LogP contribution in [0.4, 0.5) is 0 Å². The topological polar surface area (TPSA) is 50.8 Å². The Hall–Kier alpha value is -1.09. The van der Waals surface area contributed by atoms with Crippen molar-refractivity contribution in [2.45, 2.75) is 38.4 Å². The van der Waals surface area contributed by atoms with Crippen LogP contribution in [0.1, 0.15) is 20.3 Å². The average Bonchev–Trinajstić information content (AvgIpc) is 2.64. The summed E-state index contributed by atoms with van der Waals surface area (Å²) in [6.45, 7) is 4.24. The van der Waals surface area contributed by atoms with Crippen molar-refractivity contribution in [2.75, 3.05) is 20.8 Å². The number of hydrogen-bond acceptors (Lipinski definition) is 5. The average molecular weight is 254 g/mol. The molecule has 5 nitrogen and oxygen atoms in total. The van der Waals surface area contributed by atoms with Gasteiger partial charge in [0.1, 0.15) is 11.9 Å². The van der Waals surface area contributed by atoms with Crippen LogP contribution in [0.25, 0.3) is 0 Å². The lowest BCUT2D eigenvalue weighted by atomic mass is 9.95. The SMILES string of the molecule is C#CONC(C)[C@H]1[C@H](COC)C[C@H](C(C)=O)N1C. The van der Waals surface area contributed by atoms with Crippen LogP contribution >= 0.6 is 0 Å². The van der Waals surface area contributed by atoms with Crippen LogP contribution in [0.3, 0.4) is 0 Å². The summed E-state index contributed by atoms with van der Waals surface area (Å²) in [4.78, 5) is 18.5. The first-order chi connectivity index (χ1) is 8.52. The van der Waals surface area contributed by atoms with Crippen LogP contribution in [-0.4, -0.2) is 49.6 Å². The van der Waals surface area contributed by atoms with Crippen molar-refractivity contribution in [2.24, 2.45) is 5.92 Å². The Bertz CT molecular complexity index is 327. The Kier molecular flexibility index (Phi) is 5.60. The Morgan fingerprint density at radius 2 is 2.33 bits per heavy atom. The molecular formula is C13H22N2O3. The molecular weight excluding hydrogens is 232 g/mol. The third-order valence-electron chi connectivity index (χ3n) is 3.64. The van der Waals surface area contributed by atoms with Gasteiger partial charge in [-0.3, -0.25) is 9.69 Å². The van der Waals surface area contributed by atoms with E-state index in [0.717, 1.165) is 6.42 Å². The molecule has 4 atom stereocenters. The first kappa shape index (κ1) is 15.0. The molecule has 102 valence electrons. The summed E-state index contributed by atoms with van der Waals surface area (Å²) in [5, 5.41) is 0. The number of carbonyl (C=O) groups is 1. The first-order valence-electron chi connectivity index (χ1n) is 6.11. The number of likely N-dealkylation sites (tertiary alicyclic amines) is 1. The number of terminal acetylenes is 1. The van der Waals surface area contributed by atoms with E-state index in [0.29, 0.717) is 6.61 Å². The molecule has 0 aromatic heterocycles. The Balaban J connectivity index is 2.77. The zero-order valence-corrected chi connectivity index (χ0v) is 11.5. The summed E-state index contributed by atoms with van der Waals surface area (Å²) in [7, 11) is 3.63. The van der Waals surface area contributed by atoms with E-state index < -0.39 is 0 Å². The minimum atomic E-state index is -0.0507. The molecule has 0 saturated carbocycles. The molecule has 1 fully saturated rings. The summed E-state index contributed by atoms with van der Waals surface area (Å²) in [6, 6.07) is 0.132. The van der Waals surface area contributed by atoms with Crippen LogP contribution in [-0.2, 0) is 14.4 Å². The van der Waals surface area contributed by atoms with E-state index in [1.807, 2.05) is 14.0 Å². The van der Waals surface area contributed by atoms with Gasteiger partial charge in [-0.2, -0.15) is 0 Å². The standard InChI is InChI=1S/C13H22N2O3/c1-6-18-14-9(2)13-11(8-17-5)7-12(10(3)16)15(13)4/h1,9,11-14H,7-8H2,2-5H3/t9?,11-,12+,13-/m0/s1. The van der Waals surface area contributed by atoms with Crippen molar-refractivity contribution in [1.82, 2.24) is 10.4 Å². The fourth-order valence-electron chi connectivity index (χ4n) is 2.92. The molecule has 0 aliphatic carbocycles. The van der Waals surface area contributed by atoms with Gasteiger partial charge in [-0.1, -0.05) is 6.42 Å². The van der Waals surface area contributed by atoms with Gasteiger partial charge in [0, 0.05) is 19.1 Å². The molecule has 18 heavy (non-hydrogen) atoms. The van der Waals surface area contributed by atoms with Gasteiger partial charge in [-0.15, -0.1) is 5.48 Å². The molecule has 1 saturated heterocycles. The lowest BCUT2D eigenvalue weighted by Crippen LogP contribution is -2.49. The normalized spacial score (nSPS) is 29.8. The maximum Gasteiger partial charge on any atom is 0.146 e. The molecule has 0 spiro atoms. The monoisotopic (exact) mass is 254 g/mol. The number of carbonyl (C=O) groups excluding carboxylic acids is 1. The van der Waals surface area contributed by atoms with Crippen molar-refractivity contribution in [3.05, 3.63) is 0 Å². The van der Waals surface area contributed by atoms with Crippen molar-refractivity contribution in [3.63, 3.8) is 0 Å². The Morgan fingerprint density at radius 3 is 2.83 bits per heavy atom. The third kappa shape index (κ3) is 3.22. The highest BCUT2D eigenvalue weighted by Gasteiger charge is 2.43. The minimum Gasteiger partial charge on any atom is -0.384 e. The number of methoxy groups -OCH3 is 1. The van der Waals surface area contributed by atoms with Gasteiger partial charge >= 0.3 is 0 Å². The third-order valence-corrected chi connectivity index (χ3v) is 3.64. The summed E-state index contributed by atoms with van der Waals surface area (Å²) >= 11 is 0. The van der Waals surface area contributed by atoms with E-state index in [1.54, 1.807) is 14.0 Å². The molecule has 0 amide bonds. The number of rotatable bonds is 6. The molecule has 0 radical (unpaired) electrons. The number of hydrogen-bond donors (Lipinski definition) is 1. The number of ether oxygens (including phenoxy) is 1. The zero-order valence-electron chi connectivity index (χ0n) is 11.5. The quantitative estimate of drug-likeness (QED) is 0.549. The van der Waals surface area contributed by atoms with Crippen molar-refractivity contribution in [1.29, 1.82) is 0 Å². The van der Waals surface area contributed by atoms with Gasteiger partial charge in [-0.05, 0) is 27.3 Å². The maximum absolute atomic E-state index is 11.6. The maximum atomic E-state index is 11.6. The van der Waals surface area contributed by atoms with Crippen molar-refractivity contribution < 1.29 is 14.4 Å². The van der Waals surface area contributed by atoms with Crippen LogP contribution in [0.15, 0.2) is 0 Å². The summed E-state index contributed by atoms with van der Waals surface area (Å²) in [5.41, 5.74) is 2.81. The van der Waals surface area contributed by atoms with Gasteiger partial charge in [0.15, 0.2) is 0 Å². The molecule has 1 aliphatic heterocycles. The number of nitrogens with one attached hydrogen (secondary N) is 1. The fourth-order valence-corrected chi connectivity index (χ4v) is 2.92. The van der Waals surface area contributed by atoms with Gasteiger partial charge in [0.05, 0.1) is 18.7 Å². The van der Waals surface area contributed by atoms with E-state index in [2.05, 4.69) is 16.5 Å². The van der Waals surface area contributed by atoms with Crippen molar-refractivity contribution >= 4 is 5.78 Å². The lowest BCUT2D eigenvalue weighted by Gasteiger charge is -2.31. The number of Topliss-reactive ketones (excluding diaryl/α,β-unsaturated/α-hetero) is 1. The Morgan fingerprint density at radius 1 is 1.67 bits per heavy atom. The Labute approximate surface area is 109 Å². The van der Waals surface area contributed by atoms with Crippen LogP contribution in [0, 0.1) is 18.4 Å². The number of hydroxylamine groups is 1. The van der Waals surface area contributed by atoms with E-state index in [4.69, 9.17) is 16.0 Å². The highest BCUT2D eigenvalue weighted by molar-refractivity contribution is 5.81. The molecule has 0 aromatic rings. The molecule has 5 heteroatoms. The molecule has 1 N–H and O–H groups in total. The molecule has 1 heterocycles. The summed E-state index contributed by atoms with van der Waals surface area (Å²) < 4.78 is 5.24. The van der Waals surface area contributed by atoms with Crippen LogP contribution < -0.4 is 5.48 Å². The van der Waals surface area contributed by atoms with Crippen molar-refractivity contribution in [3.8, 4) is 12.5 Å². The fraction of sp³-hybridized carbons (Fsp3) is 0.769. The molecule has 0 bridgehead atoms. The molecule has 1 rings (SSSR count). The van der Waals surface area contributed by atoms with Crippen LogP contribution in [0.5, 0.6) is 0 Å². The molecule has 0 aromatic carbocycles. The highest BCUT2D eigenvalue weighted by atomic mass is 16.6. The second-order valence-electron chi connectivity index (χ2n) is 4.86. The number of likely N-dealkylation sites (N-methyl/N-ethyl adjacent to an activating group) is 1. The minimum absolute atomic E-state index is 0.0237. The smallest absolute Gasteiger partial charge is 0.146 e. The second kappa shape index (κ2) is 6.74. The van der Waals surface area contributed by atoms with Gasteiger partial charge in [0.2, 0.25) is 0 Å². The summed E-state index contributed by atoms with van der Waals surface area (Å²) in [5.74, 6) is 0.476. The van der Waals surface area contributed by atoms with Gasteiger partial charge < -0.3 is 9.57 Å². The predicted molar refractivity (Wildman–Crippen MR) is 68.5 cm³/mol. The van der Waals surface area contributed by atoms with E-state index in [9.17, 15) is 4.79 Å². The zero-order chi connectivity index (χ0) is 13.7. The van der Waals surface area contributed by atoms with Crippen LogP contribution in [0.2, 0.25) is 0 Å². The molecule has 1 unspecified atom stereocenters. The highest BCUT2D eigenvalue weighted by Crippen LogP contribution is 2.31. The van der Waals surface area contributed by atoms with E-state index in [-0.39, 0.29) is 29.8 Å². The van der Waals surface area contributed by atoms with E-state index in [1.165, 1.54) is 0 Å². The van der Waals surface area contributed by atoms with Gasteiger partial charge in [0.25, 0.3) is 0 Å². The lowest BCUT2D eigenvalue weighted by molar-refractivity contribution is -0.121. The largest absolute Gasteiger partial charge is 0.384 e. The molecule has 1 aliphatic rings. The number of ketones is 1. The predicted octanol–water partition coefficient (Wildman–Crippen LogP) is 0.411. The van der Waals surface area contributed by atoms with E-state index >= 15 is 0 Å². The number of nitrogens with zero attached hydrogens (tertiary/aromatic N) is 1. The summed E-state index contributed by atoms with van der Waals surface area (Å²) in [6.07, 6.45) is 7.95. The van der Waals surface area contributed by atoms with Gasteiger partial charge in [-0.25, -0.2) is 0 Å².